The molecule has 0 amide bonds. The van der Waals surface area contributed by atoms with Crippen molar-refractivity contribution in [2.75, 3.05) is 5.73 Å². The largest absolute Gasteiger partial charge is 0.486 e. The van der Waals surface area contributed by atoms with Crippen LogP contribution in [-0.4, -0.2) is 21.3 Å². The molecule has 7 heteroatoms. The van der Waals surface area contributed by atoms with E-state index < -0.39 is 5.97 Å². The molecular weight excluding hydrogens is 258 g/mol. The minimum absolute atomic E-state index is 0.00440. The van der Waals surface area contributed by atoms with Crippen LogP contribution in [0, 0.1) is 0 Å². The molecule has 18 heavy (non-hydrogen) atoms. The number of nitrogens with one attached hydrogen (secondary N) is 1. The number of carboxylic acids is 1. The lowest BCUT2D eigenvalue weighted by Crippen LogP contribution is -2.06. The van der Waals surface area contributed by atoms with Crippen LogP contribution in [0.5, 0.6) is 5.75 Å². The number of nitrogens with zero attached hydrogens (tertiary/aromatic N) is 1. The van der Waals surface area contributed by atoms with Crippen molar-refractivity contribution in [3.05, 3.63) is 40.5 Å². The smallest absolute Gasteiger partial charge is 0.341 e. The van der Waals surface area contributed by atoms with Crippen LogP contribution >= 0.6 is 11.6 Å². The number of ether oxygens (including phenoxy) is 1. The van der Waals surface area contributed by atoms with Crippen molar-refractivity contribution in [3.8, 4) is 5.75 Å². The van der Waals surface area contributed by atoms with E-state index in [2.05, 4.69) is 10.2 Å². The van der Waals surface area contributed by atoms with Crippen molar-refractivity contribution in [2.24, 2.45) is 0 Å². The molecule has 2 aromatic rings. The van der Waals surface area contributed by atoms with Gasteiger partial charge in [0.1, 0.15) is 17.9 Å². The number of aromatic amines is 1. The zero-order valence-corrected chi connectivity index (χ0v) is 9.94. The first kappa shape index (κ1) is 12.3. The van der Waals surface area contributed by atoms with Gasteiger partial charge in [-0.05, 0) is 12.1 Å². The summed E-state index contributed by atoms with van der Waals surface area (Å²) in [5, 5.41) is 15.6. The minimum atomic E-state index is -1.15. The summed E-state index contributed by atoms with van der Waals surface area (Å²) in [5.41, 5.74) is 5.65. The lowest BCUT2D eigenvalue weighted by atomic mass is 10.2. The van der Waals surface area contributed by atoms with Crippen LogP contribution < -0.4 is 10.5 Å². The molecule has 2 rings (SSSR count). The van der Waals surface area contributed by atoms with E-state index in [4.69, 9.17) is 27.2 Å². The third-order valence-corrected chi connectivity index (χ3v) is 2.60. The van der Waals surface area contributed by atoms with E-state index in [-0.39, 0.29) is 18.0 Å². The summed E-state index contributed by atoms with van der Waals surface area (Å²) in [6, 6.07) is 6.89. The van der Waals surface area contributed by atoms with Gasteiger partial charge in [0.05, 0.1) is 10.7 Å². The maximum atomic E-state index is 11.0. The molecule has 0 atom stereocenters. The highest BCUT2D eigenvalue weighted by Crippen LogP contribution is 2.24. The van der Waals surface area contributed by atoms with Gasteiger partial charge in [-0.2, -0.15) is 5.10 Å². The number of carbonyl (C=O) groups is 1. The summed E-state index contributed by atoms with van der Waals surface area (Å²) in [7, 11) is 0. The molecule has 0 unspecified atom stereocenters. The second kappa shape index (κ2) is 4.97. The average Bonchev–Trinajstić information content (AvgIpc) is 2.69. The Hall–Kier alpha value is -2.21. The van der Waals surface area contributed by atoms with Gasteiger partial charge in [0.25, 0.3) is 0 Å². The third-order valence-electron chi connectivity index (χ3n) is 2.29. The molecule has 0 fully saturated rings. The number of carboxylic acid groups (broad SMARTS) is 1. The molecule has 0 saturated heterocycles. The van der Waals surface area contributed by atoms with E-state index in [0.717, 1.165) is 0 Å². The number of nitrogens with two attached hydrogens (primary N) is 1. The van der Waals surface area contributed by atoms with Gasteiger partial charge >= 0.3 is 5.97 Å². The predicted octanol–water partition coefficient (Wildman–Crippen LogP) is 1.92. The Labute approximate surface area is 107 Å². The molecule has 0 aliphatic rings. The highest BCUT2D eigenvalue weighted by atomic mass is 35.5. The number of halogens is 1. The molecule has 0 aliphatic heterocycles. The van der Waals surface area contributed by atoms with E-state index in [9.17, 15) is 4.79 Å². The number of anilines is 1. The van der Waals surface area contributed by atoms with Gasteiger partial charge in [0.15, 0.2) is 5.82 Å². The van der Waals surface area contributed by atoms with E-state index in [1.807, 2.05) is 0 Å². The number of hydrogen-bond donors (Lipinski definition) is 3. The maximum absolute atomic E-state index is 11.0. The van der Waals surface area contributed by atoms with Crippen molar-refractivity contribution in [1.82, 2.24) is 10.2 Å². The third kappa shape index (κ3) is 2.38. The number of hydrogen-bond acceptors (Lipinski definition) is 4. The lowest BCUT2D eigenvalue weighted by molar-refractivity contribution is 0.0695. The Morgan fingerprint density at radius 1 is 1.50 bits per heavy atom. The Morgan fingerprint density at radius 2 is 2.22 bits per heavy atom. The van der Waals surface area contributed by atoms with E-state index in [0.29, 0.717) is 16.5 Å². The van der Waals surface area contributed by atoms with Crippen molar-refractivity contribution in [2.45, 2.75) is 6.61 Å². The number of aromatic carboxylic acids is 1. The molecule has 1 aromatic heterocycles. The quantitative estimate of drug-likeness (QED) is 0.786. The fourth-order valence-electron chi connectivity index (χ4n) is 1.45. The number of H-pyrrole nitrogens is 1. The van der Waals surface area contributed by atoms with Crippen LogP contribution in [0.25, 0.3) is 0 Å². The summed E-state index contributed by atoms with van der Waals surface area (Å²) in [6.45, 7) is -0.00440. The van der Waals surface area contributed by atoms with Crippen LogP contribution in [0.4, 0.5) is 5.82 Å². The van der Waals surface area contributed by atoms with Gasteiger partial charge in [-0.3, -0.25) is 5.10 Å². The molecule has 0 aliphatic carbocycles. The first-order chi connectivity index (χ1) is 8.59. The van der Waals surface area contributed by atoms with Crippen molar-refractivity contribution < 1.29 is 14.6 Å². The number of benzene rings is 1. The minimum Gasteiger partial charge on any atom is -0.486 e. The van der Waals surface area contributed by atoms with Gasteiger partial charge in [-0.15, -0.1) is 0 Å². The standard InChI is InChI=1S/C11H10ClN3O3/c12-6-3-1-2-4-8(6)18-5-7-9(11(16)17)10(13)15-14-7/h1-4H,5H2,(H,16,17)(H3,13,14,15). The Kier molecular flexibility index (Phi) is 3.38. The van der Waals surface area contributed by atoms with Crippen LogP contribution in [0.3, 0.4) is 0 Å². The zero-order valence-electron chi connectivity index (χ0n) is 9.18. The second-order valence-corrected chi connectivity index (χ2v) is 3.89. The number of rotatable bonds is 4. The summed E-state index contributed by atoms with van der Waals surface area (Å²) < 4.78 is 5.40. The van der Waals surface area contributed by atoms with Gasteiger partial charge in [-0.1, -0.05) is 23.7 Å². The fourth-order valence-corrected chi connectivity index (χ4v) is 1.64. The van der Waals surface area contributed by atoms with Gasteiger partial charge < -0.3 is 15.6 Å². The predicted molar refractivity (Wildman–Crippen MR) is 65.7 cm³/mol. The molecule has 0 bridgehead atoms. The first-order valence-electron chi connectivity index (χ1n) is 5.03. The van der Waals surface area contributed by atoms with Gasteiger partial charge in [0, 0.05) is 0 Å². The second-order valence-electron chi connectivity index (χ2n) is 3.49. The van der Waals surface area contributed by atoms with Crippen molar-refractivity contribution in [3.63, 3.8) is 0 Å². The summed E-state index contributed by atoms with van der Waals surface area (Å²) in [5.74, 6) is -0.761. The molecule has 4 N–H and O–H groups in total. The molecule has 0 radical (unpaired) electrons. The molecular formula is C11H10ClN3O3. The molecule has 0 saturated carbocycles. The maximum Gasteiger partial charge on any atom is 0.341 e. The van der Waals surface area contributed by atoms with E-state index >= 15 is 0 Å². The first-order valence-corrected chi connectivity index (χ1v) is 5.40. The van der Waals surface area contributed by atoms with Crippen LogP contribution in [0.15, 0.2) is 24.3 Å². The van der Waals surface area contributed by atoms with E-state index in [1.165, 1.54) is 0 Å². The number of nitrogen functional groups attached to an aromatic ring is 1. The average molecular weight is 268 g/mol. The van der Waals surface area contributed by atoms with Gasteiger partial charge in [-0.25, -0.2) is 4.79 Å². The molecule has 1 heterocycles. The molecule has 1 aromatic carbocycles. The van der Waals surface area contributed by atoms with Crippen LogP contribution in [-0.2, 0) is 6.61 Å². The molecule has 6 nitrogen and oxygen atoms in total. The van der Waals surface area contributed by atoms with Crippen LogP contribution in [0.1, 0.15) is 16.1 Å². The summed E-state index contributed by atoms with van der Waals surface area (Å²) in [6.07, 6.45) is 0. The zero-order chi connectivity index (χ0) is 13.1. The van der Waals surface area contributed by atoms with Crippen molar-refractivity contribution >= 4 is 23.4 Å². The highest BCUT2D eigenvalue weighted by Gasteiger charge is 2.18. The number of aromatic nitrogens is 2. The highest BCUT2D eigenvalue weighted by molar-refractivity contribution is 6.32. The van der Waals surface area contributed by atoms with Crippen molar-refractivity contribution in [1.29, 1.82) is 0 Å². The van der Waals surface area contributed by atoms with Gasteiger partial charge in [0.2, 0.25) is 0 Å². The molecule has 94 valence electrons. The Bertz CT molecular complexity index is 583. The Morgan fingerprint density at radius 3 is 2.89 bits per heavy atom. The summed E-state index contributed by atoms with van der Waals surface area (Å²) in [4.78, 5) is 11.0. The summed E-state index contributed by atoms with van der Waals surface area (Å²) >= 11 is 5.91. The monoisotopic (exact) mass is 267 g/mol. The Balaban J connectivity index is 2.16. The number of para-hydroxylation sites is 1. The van der Waals surface area contributed by atoms with E-state index in [1.54, 1.807) is 24.3 Å². The lowest BCUT2D eigenvalue weighted by Gasteiger charge is -2.06. The molecule has 0 spiro atoms. The normalized spacial score (nSPS) is 10.3. The van der Waals surface area contributed by atoms with Crippen LogP contribution in [0.2, 0.25) is 5.02 Å². The topological polar surface area (TPSA) is 101 Å². The SMILES string of the molecule is Nc1n[nH]c(COc2ccccc2Cl)c1C(=O)O. The fraction of sp³-hybridized carbons (Fsp3) is 0.0909.